The molecule has 3 rings (SSSR count). The van der Waals surface area contributed by atoms with Gasteiger partial charge in [0, 0.05) is 37.0 Å². The second kappa shape index (κ2) is 8.03. The lowest BCUT2D eigenvalue weighted by Gasteiger charge is -2.19. The van der Waals surface area contributed by atoms with E-state index in [-0.39, 0.29) is 22.8 Å². The molecule has 160 valence electrons. The Morgan fingerprint density at radius 2 is 1.87 bits per heavy atom. The fourth-order valence-electron chi connectivity index (χ4n) is 3.14. The van der Waals surface area contributed by atoms with Crippen molar-refractivity contribution < 1.29 is 26.6 Å². The van der Waals surface area contributed by atoms with Crippen molar-refractivity contribution in [2.75, 3.05) is 29.4 Å². The molecule has 1 heterocycles. The number of nitro benzene ring substituents is 1. The number of carbonyl (C=O) groups excluding carboxylic acids is 1. The Balaban J connectivity index is 1.72. The van der Waals surface area contributed by atoms with E-state index in [1.807, 2.05) is 12.1 Å². The first kappa shape index (κ1) is 21.7. The lowest BCUT2D eigenvalue weighted by atomic mass is 10.2. The third-order valence-corrected chi connectivity index (χ3v) is 7.48. The van der Waals surface area contributed by atoms with E-state index >= 15 is 0 Å². The summed E-state index contributed by atoms with van der Waals surface area (Å²) < 4.78 is 50.1. The summed E-state index contributed by atoms with van der Waals surface area (Å²) in [5, 5.41) is 13.4. The number of benzene rings is 2. The normalized spacial score (nSPS) is 13.7. The van der Waals surface area contributed by atoms with Gasteiger partial charge in [0.05, 0.1) is 21.3 Å². The van der Waals surface area contributed by atoms with E-state index in [0.29, 0.717) is 18.7 Å². The first-order chi connectivity index (χ1) is 14.0. The predicted molar refractivity (Wildman–Crippen MR) is 110 cm³/mol. The standard InChI is InChI=1S/C18H19N3O7S2/c1-29(25,26)16-11-14(10-15(12-16)21(23)24)18(22)19-7-9-30(27,28)20-8-6-13-4-2-3-5-17(13)20/h2-5,10-12H,6-9H2,1H3,(H,19,22). The summed E-state index contributed by atoms with van der Waals surface area (Å²) in [7, 11) is -7.47. The van der Waals surface area contributed by atoms with Crippen LogP contribution < -0.4 is 9.62 Å². The van der Waals surface area contributed by atoms with Gasteiger partial charge >= 0.3 is 0 Å². The Morgan fingerprint density at radius 3 is 2.53 bits per heavy atom. The molecule has 0 saturated carbocycles. The van der Waals surface area contributed by atoms with E-state index in [1.54, 1.807) is 12.1 Å². The van der Waals surface area contributed by atoms with Crippen LogP contribution in [0.5, 0.6) is 0 Å². The number of nitrogens with zero attached hydrogens (tertiary/aromatic N) is 2. The highest BCUT2D eigenvalue weighted by Gasteiger charge is 2.29. The third-order valence-electron chi connectivity index (χ3n) is 4.62. The summed E-state index contributed by atoms with van der Waals surface area (Å²) in [6.07, 6.45) is 1.47. The minimum atomic E-state index is -3.79. The number of para-hydroxylation sites is 1. The number of non-ortho nitro benzene ring substituents is 1. The average Bonchev–Trinajstić information content (AvgIpc) is 3.11. The van der Waals surface area contributed by atoms with Gasteiger partial charge < -0.3 is 5.32 Å². The molecule has 0 spiro atoms. The van der Waals surface area contributed by atoms with Gasteiger partial charge in [0.15, 0.2) is 9.84 Å². The fourth-order valence-corrected chi connectivity index (χ4v) is 5.24. The van der Waals surface area contributed by atoms with E-state index in [0.717, 1.165) is 30.0 Å². The van der Waals surface area contributed by atoms with Crippen molar-refractivity contribution in [2.45, 2.75) is 11.3 Å². The lowest BCUT2D eigenvalue weighted by molar-refractivity contribution is -0.385. The van der Waals surface area contributed by atoms with Crippen LogP contribution in [0.4, 0.5) is 11.4 Å². The lowest BCUT2D eigenvalue weighted by Crippen LogP contribution is -2.37. The van der Waals surface area contributed by atoms with Crippen molar-refractivity contribution in [3.8, 4) is 0 Å². The summed E-state index contributed by atoms with van der Waals surface area (Å²) in [6.45, 7) is 0.0783. The minimum Gasteiger partial charge on any atom is -0.351 e. The highest BCUT2D eigenvalue weighted by molar-refractivity contribution is 7.92. The van der Waals surface area contributed by atoms with E-state index in [2.05, 4.69) is 5.32 Å². The first-order valence-electron chi connectivity index (χ1n) is 8.85. The van der Waals surface area contributed by atoms with Crippen molar-refractivity contribution >= 4 is 37.1 Å². The van der Waals surface area contributed by atoms with Crippen molar-refractivity contribution in [1.29, 1.82) is 0 Å². The van der Waals surface area contributed by atoms with Gasteiger partial charge in [0.25, 0.3) is 11.6 Å². The van der Waals surface area contributed by atoms with Crippen molar-refractivity contribution in [1.82, 2.24) is 5.32 Å². The topological polar surface area (TPSA) is 144 Å². The molecule has 0 bridgehead atoms. The number of carbonyl (C=O) groups is 1. The van der Waals surface area contributed by atoms with Crippen LogP contribution in [0.3, 0.4) is 0 Å². The number of sulfone groups is 1. The zero-order chi connectivity index (χ0) is 22.1. The maximum atomic E-state index is 12.6. The number of hydrogen-bond acceptors (Lipinski definition) is 7. The molecule has 0 unspecified atom stereocenters. The average molecular weight is 453 g/mol. The second-order valence-corrected chi connectivity index (χ2v) is 10.8. The highest BCUT2D eigenvalue weighted by atomic mass is 32.2. The molecule has 1 aliphatic heterocycles. The Kier molecular flexibility index (Phi) is 5.81. The van der Waals surface area contributed by atoms with Gasteiger partial charge in [-0.3, -0.25) is 19.2 Å². The summed E-state index contributed by atoms with van der Waals surface area (Å²) in [5.41, 5.74) is 0.744. The van der Waals surface area contributed by atoms with E-state index in [4.69, 9.17) is 0 Å². The molecule has 0 radical (unpaired) electrons. The molecule has 2 aromatic carbocycles. The Hall–Kier alpha value is -2.99. The van der Waals surface area contributed by atoms with Gasteiger partial charge in [-0.05, 0) is 24.1 Å². The van der Waals surface area contributed by atoms with Crippen LogP contribution in [0.25, 0.3) is 0 Å². The van der Waals surface area contributed by atoms with Crippen LogP contribution in [0, 0.1) is 10.1 Å². The van der Waals surface area contributed by atoms with Gasteiger partial charge in [0.1, 0.15) is 0 Å². The summed E-state index contributed by atoms with van der Waals surface area (Å²) in [6, 6.07) is 9.97. The molecule has 1 amide bonds. The number of rotatable bonds is 7. The predicted octanol–water partition coefficient (Wildman–Crippen LogP) is 1.12. The van der Waals surface area contributed by atoms with E-state index < -0.39 is 36.4 Å². The SMILES string of the molecule is CS(=O)(=O)c1cc(C(=O)NCCS(=O)(=O)N2CCc3ccccc32)cc([N+](=O)[O-])c1. The molecule has 1 aliphatic rings. The molecular formula is C18H19N3O7S2. The van der Waals surface area contributed by atoms with Gasteiger partial charge in [0.2, 0.25) is 10.0 Å². The molecule has 2 aromatic rings. The Morgan fingerprint density at radius 1 is 1.17 bits per heavy atom. The molecule has 10 nitrogen and oxygen atoms in total. The Bertz CT molecular complexity index is 1220. The summed E-state index contributed by atoms with van der Waals surface area (Å²) in [5.74, 6) is -1.18. The maximum Gasteiger partial charge on any atom is 0.271 e. The first-order valence-corrected chi connectivity index (χ1v) is 12.4. The number of fused-ring (bicyclic) bond motifs is 1. The zero-order valence-electron chi connectivity index (χ0n) is 15.9. The molecule has 0 aliphatic carbocycles. The molecule has 0 saturated heterocycles. The molecule has 30 heavy (non-hydrogen) atoms. The van der Waals surface area contributed by atoms with Gasteiger partial charge in [-0.25, -0.2) is 16.8 Å². The second-order valence-electron chi connectivity index (χ2n) is 6.77. The number of amides is 1. The van der Waals surface area contributed by atoms with Crippen LogP contribution in [0.1, 0.15) is 15.9 Å². The van der Waals surface area contributed by atoms with Crippen LogP contribution in [-0.2, 0) is 26.3 Å². The fraction of sp³-hybridized carbons (Fsp3) is 0.278. The zero-order valence-corrected chi connectivity index (χ0v) is 17.6. The number of nitro groups is 1. The molecule has 0 atom stereocenters. The number of hydrogen-bond donors (Lipinski definition) is 1. The highest BCUT2D eigenvalue weighted by Crippen LogP contribution is 2.29. The smallest absolute Gasteiger partial charge is 0.271 e. The number of nitrogens with one attached hydrogen (secondary N) is 1. The van der Waals surface area contributed by atoms with E-state index in [1.165, 1.54) is 4.31 Å². The molecule has 12 heteroatoms. The van der Waals surface area contributed by atoms with Crippen molar-refractivity contribution in [3.05, 3.63) is 63.7 Å². The van der Waals surface area contributed by atoms with Crippen molar-refractivity contribution in [3.63, 3.8) is 0 Å². The van der Waals surface area contributed by atoms with E-state index in [9.17, 15) is 31.7 Å². The van der Waals surface area contributed by atoms with Gasteiger partial charge in [-0.15, -0.1) is 0 Å². The van der Waals surface area contributed by atoms with Crippen LogP contribution in [-0.4, -0.2) is 52.8 Å². The van der Waals surface area contributed by atoms with Gasteiger partial charge in [-0.2, -0.15) is 0 Å². The largest absolute Gasteiger partial charge is 0.351 e. The third kappa shape index (κ3) is 4.60. The van der Waals surface area contributed by atoms with Crippen molar-refractivity contribution in [2.24, 2.45) is 0 Å². The summed E-state index contributed by atoms with van der Waals surface area (Å²) >= 11 is 0. The summed E-state index contributed by atoms with van der Waals surface area (Å²) in [4.78, 5) is 22.2. The van der Waals surface area contributed by atoms with Crippen LogP contribution >= 0.6 is 0 Å². The van der Waals surface area contributed by atoms with Crippen LogP contribution in [0.2, 0.25) is 0 Å². The minimum absolute atomic E-state index is 0.239. The molecular weight excluding hydrogens is 434 g/mol. The molecule has 1 N–H and O–H groups in total. The van der Waals surface area contributed by atoms with Crippen LogP contribution in [0.15, 0.2) is 47.4 Å². The molecule has 0 fully saturated rings. The number of sulfonamides is 1. The monoisotopic (exact) mass is 453 g/mol. The quantitative estimate of drug-likeness (QED) is 0.489. The number of anilines is 1. The van der Waals surface area contributed by atoms with Gasteiger partial charge in [-0.1, -0.05) is 18.2 Å². The molecule has 0 aromatic heterocycles. The Labute approximate surface area is 173 Å². The maximum absolute atomic E-state index is 12.6.